The second-order valence-corrected chi connectivity index (χ2v) is 4.85. The van der Waals surface area contributed by atoms with Crippen molar-refractivity contribution in [3.63, 3.8) is 0 Å². The highest BCUT2D eigenvalue weighted by Crippen LogP contribution is 2.21. The number of hydrogen-bond acceptors (Lipinski definition) is 3. The number of H-pyrrole nitrogens is 1. The highest BCUT2D eigenvalue weighted by atomic mass is 79.9. The summed E-state index contributed by atoms with van der Waals surface area (Å²) in [7, 11) is 0. The lowest BCUT2D eigenvalue weighted by Crippen LogP contribution is -1.78. The van der Waals surface area contributed by atoms with E-state index in [9.17, 15) is 0 Å². The Morgan fingerprint density at radius 1 is 1.16 bits per heavy atom. The number of aromatic amines is 1. The summed E-state index contributed by atoms with van der Waals surface area (Å²) in [5.74, 6) is 0.679. The second kappa shape index (κ2) is 5.24. The summed E-state index contributed by atoms with van der Waals surface area (Å²) in [5, 5.41) is 9.06. The largest absolute Gasteiger partial charge is 0.463 e. The molecule has 0 bridgehead atoms. The fraction of sp³-hybridized carbons (Fsp3) is 0. The van der Waals surface area contributed by atoms with Crippen LogP contribution in [0.15, 0.2) is 61.9 Å². The second-order valence-electron chi connectivity index (χ2n) is 3.94. The standard InChI is InChI=1S/C14H10BrN3O/c15-11-3-4-14-13(6-11)10(7-16-14)8-17-18-9-12-2-1-5-19-12/h1-9,16H/b17-8-,18-9+. The predicted molar refractivity (Wildman–Crippen MR) is 79.9 cm³/mol. The first-order valence-electron chi connectivity index (χ1n) is 5.69. The minimum atomic E-state index is 0.679. The van der Waals surface area contributed by atoms with Gasteiger partial charge in [-0.05, 0) is 30.3 Å². The van der Waals surface area contributed by atoms with Crippen LogP contribution in [-0.4, -0.2) is 17.4 Å². The Kier molecular flexibility index (Phi) is 3.29. The molecule has 0 aliphatic heterocycles. The van der Waals surface area contributed by atoms with Crippen molar-refractivity contribution in [3.05, 3.63) is 58.6 Å². The van der Waals surface area contributed by atoms with Crippen LogP contribution in [-0.2, 0) is 0 Å². The highest BCUT2D eigenvalue weighted by Gasteiger charge is 2.01. The Balaban J connectivity index is 1.83. The van der Waals surface area contributed by atoms with E-state index in [-0.39, 0.29) is 0 Å². The van der Waals surface area contributed by atoms with Gasteiger partial charge in [0, 0.05) is 27.1 Å². The zero-order valence-corrected chi connectivity index (χ0v) is 11.5. The molecule has 0 atom stereocenters. The van der Waals surface area contributed by atoms with E-state index in [1.165, 1.54) is 0 Å². The summed E-state index contributed by atoms with van der Waals surface area (Å²) in [6.07, 6.45) is 6.79. The van der Waals surface area contributed by atoms with Gasteiger partial charge in [-0.2, -0.15) is 10.2 Å². The van der Waals surface area contributed by atoms with Crippen LogP contribution in [0.3, 0.4) is 0 Å². The highest BCUT2D eigenvalue weighted by molar-refractivity contribution is 9.10. The fourth-order valence-corrected chi connectivity index (χ4v) is 2.13. The van der Waals surface area contributed by atoms with E-state index >= 15 is 0 Å². The molecule has 5 heteroatoms. The van der Waals surface area contributed by atoms with Crippen molar-refractivity contribution in [2.45, 2.75) is 0 Å². The van der Waals surface area contributed by atoms with Crippen LogP contribution in [0, 0.1) is 0 Å². The van der Waals surface area contributed by atoms with E-state index in [0.29, 0.717) is 5.76 Å². The number of nitrogens with one attached hydrogen (secondary N) is 1. The van der Waals surface area contributed by atoms with E-state index < -0.39 is 0 Å². The lowest BCUT2D eigenvalue weighted by atomic mass is 10.2. The van der Waals surface area contributed by atoms with Gasteiger partial charge < -0.3 is 9.40 Å². The molecule has 0 amide bonds. The smallest absolute Gasteiger partial charge is 0.146 e. The van der Waals surface area contributed by atoms with Crippen molar-refractivity contribution >= 4 is 39.3 Å². The molecular formula is C14H10BrN3O. The Morgan fingerprint density at radius 2 is 2.05 bits per heavy atom. The maximum atomic E-state index is 5.12. The Labute approximate surface area is 118 Å². The predicted octanol–water partition coefficient (Wildman–Crippen LogP) is 3.98. The Bertz CT molecular complexity index is 741. The summed E-state index contributed by atoms with van der Waals surface area (Å²) >= 11 is 3.46. The third kappa shape index (κ3) is 2.66. The molecule has 0 fully saturated rings. The molecule has 0 aliphatic rings. The zero-order chi connectivity index (χ0) is 13.1. The third-order valence-electron chi connectivity index (χ3n) is 2.67. The molecule has 3 rings (SSSR count). The molecule has 0 radical (unpaired) electrons. The molecule has 0 unspecified atom stereocenters. The summed E-state index contributed by atoms with van der Waals surface area (Å²) in [6.45, 7) is 0. The van der Waals surface area contributed by atoms with E-state index in [2.05, 4.69) is 31.1 Å². The molecule has 3 aromatic rings. The van der Waals surface area contributed by atoms with Crippen molar-refractivity contribution < 1.29 is 4.42 Å². The number of benzene rings is 1. The molecule has 0 aliphatic carbocycles. The van der Waals surface area contributed by atoms with E-state index in [4.69, 9.17) is 4.42 Å². The molecule has 2 aromatic heterocycles. The van der Waals surface area contributed by atoms with Crippen molar-refractivity contribution in [2.75, 3.05) is 0 Å². The average molecular weight is 316 g/mol. The Morgan fingerprint density at radius 3 is 2.89 bits per heavy atom. The van der Waals surface area contributed by atoms with E-state index in [1.54, 1.807) is 18.7 Å². The van der Waals surface area contributed by atoms with Crippen molar-refractivity contribution in [3.8, 4) is 0 Å². The monoisotopic (exact) mass is 315 g/mol. The number of aromatic nitrogens is 1. The minimum absolute atomic E-state index is 0.679. The SMILES string of the molecule is Brc1ccc2[nH]cc(/C=N\N=C\c3ccco3)c2c1. The van der Waals surface area contributed by atoms with Crippen molar-refractivity contribution in [2.24, 2.45) is 10.2 Å². The summed E-state index contributed by atoms with van der Waals surface area (Å²) < 4.78 is 6.16. The van der Waals surface area contributed by atoms with Gasteiger partial charge in [0.15, 0.2) is 0 Å². The van der Waals surface area contributed by atoms with Crippen LogP contribution < -0.4 is 0 Å². The van der Waals surface area contributed by atoms with E-state index in [1.807, 2.05) is 36.5 Å². The topological polar surface area (TPSA) is 53.6 Å². The normalized spacial score (nSPS) is 12.1. The summed E-state index contributed by atoms with van der Waals surface area (Å²) in [4.78, 5) is 3.19. The summed E-state index contributed by atoms with van der Waals surface area (Å²) in [6, 6.07) is 9.69. The van der Waals surface area contributed by atoms with Crippen LogP contribution in [0.5, 0.6) is 0 Å². The molecular weight excluding hydrogens is 306 g/mol. The number of rotatable bonds is 3. The first-order chi connectivity index (χ1) is 9.33. The van der Waals surface area contributed by atoms with Gasteiger partial charge in [-0.15, -0.1) is 0 Å². The maximum absolute atomic E-state index is 5.12. The lowest BCUT2D eigenvalue weighted by Gasteiger charge is -1.92. The van der Waals surface area contributed by atoms with Gasteiger partial charge in [0.1, 0.15) is 5.76 Å². The van der Waals surface area contributed by atoms with Gasteiger partial charge >= 0.3 is 0 Å². The average Bonchev–Trinajstić information content (AvgIpc) is 3.04. The van der Waals surface area contributed by atoms with Gasteiger partial charge in [0.05, 0.1) is 18.7 Å². The molecule has 0 saturated heterocycles. The van der Waals surface area contributed by atoms with Gasteiger partial charge in [0.2, 0.25) is 0 Å². The fourth-order valence-electron chi connectivity index (χ4n) is 1.77. The molecule has 0 spiro atoms. The number of fused-ring (bicyclic) bond motifs is 1. The van der Waals surface area contributed by atoms with Crippen LogP contribution in [0.25, 0.3) is 10.9 Å². The molecule has 1 aromatic carbocycles. The van der Waals surface area contributed by atoms with Gasteiger partial charge in [-0.25, -0.2) is 0 Å². The van der Waals surface area contributed by atoms with Gasteiger partial charge in [-0.1, -0.05) is 15.9 Å². The van der Waals surface area contributed by atoms with Crippen LogP contribution in [0.1, 0.15) is 11.3 Å². The van der Waals surface area contributed by atoms with Gasteiger partial charge in [-0.3, -0.25) is 0 Å². The molecule has 0 saturated carbocycles. The van der Waals surface area contributed by atoms with Crippen LogP contribution in [0.2, 0.25) is 0 Å². The van der Waals surface area contributed by atoms with Crippen LogP contribution >= 0.6 is 15.9 Å². The quantitative estimate of drug-likeness (QED) is 0.577. The molecule has 94 valence electrons. The minimum Gasteiger partial charge on any atom is -0.463 e. The zero-order valence-electron chi connectivity index (χ0n) is 9.88. The number of furan rings is 1. The molecule has 1 N–H and O–H groups in total. The van der Waals surface area contributed by atoms with Gasteiger partial charge in [0.25, 0.3) is 0 Å². The third-order valence-corrected chi connectivity index (χ3v) is 3.16. The van der Waals surface area contributed by atoms with E-state index in [0.717, 1.165) is 20.9 Å². The maximum Gasteiger partial charge on any atom is 0.146 e. The first kappa shape index (κ1) is 11.9. The molecule has 19 heavy (non-hydrogen) atoms. The molecule has 4 nitrogen and oxygen atoms in total. The van der Waals surface area contributed by atoms with Crippen molar-refractivity contribution in [1.82, 2.24) is 4.98 Å². The lowest BCUT2D eigenvalue weighted by molar-refractivity contribution is 0.560. The van der Waals surface area contributed by atoms with Crippen LogP contribution in [0.4, 0.5) is 0 Å². The number of nitrogens with zero attached hydrogens (tertiary/aromatic N) is 2. The Hall–Kier alpha value is -2.14. The van der Waals surface area contributed by atoms with Crippen molar-refractivity contribution in [1.29, 1.82) is 0 Å². The number of halogens is 1. The summed E-state index contributed by atoms with van der Waals surface area (Å²) in [5.41, 5.74) is 2.06. The number of hydrogen-bond donors (Lipinski definition) is 1. The molecule has 2 heterocycles. The first-order valence-corrected chi connectivity index (χ1v) is 6.49.